The van der Waals surface area contributed by atoms with Crippen molar-refractivity contribution in [3.8, 4) is 0 Å². The minimum absolute atomic E-state index is 0.0113. The average molecular weight is 332 g/mol. The van der Waals surface area contributed by atoms with Crippen LogP contribution in [0, 0.1) is 5.92 Å². The summed E-state index contributed by atoms with van der Waals surface area (Å²) in [5.74, 6) is 0.708. The zero-order valence-corrected chi connectivity index (χ0v) is 13.9. The van der Waals surface area contributed by atoms with E-state index in [9.17, 15) is 9.59 Å². The monoisotopic (exact) mass is 332 g/mol. The highest BCUT2D eigenvalue weighted by molar-refractivity contribution is 5.92. The minimum Gasteiger partial charge on any atom is -0.371 e. The van der Waals surface area contributed by atoms with E-state index in [0.29, 0.717) is 43.6 Å². The van der Waals surface area contributed by atoms with Crippen molar-refractivity contribution in [2.75, 3.05) is 32.8 Å². The van der Waals surface area contributed by atoms with Crippen molar-refractivity contribution in [2.24, 2.45) is 5.92 Å². The zero-order valence-electron chi connectivity index (χ0n) is 13.9. The lowest BCUT2D eigenvalue weighted by Gasteiger charge is -2.52. The van der Waals surface area contributed by atoms with Gasteiger partial charge in [0.1, 0.15) is 11.3 Å². The van der Waals surface area contributed by atoms with Crippen molar-refractivity contribution >= 4 is 11.8 Å². The number of hydrogen-bond donors (Lipinski definition) is 1. The summed E-state index contributed by atoms with van der Waals surface area (Å²) in [7, 11) is 0. The smallest absolute Gasteiger partial charge is 0.272 e. The molecule has 1 aromatic rings. The van der Waals surface area contributed by atoms with E-state index in [4.69, 9.17) is 4.74 Å². The molecule has 3 fully saturated rings. The first-order valence-electron chi connectivity index (χ1n) is 8.86. The molecule has 3 aliphatic heterocycles. The van der Waals surface area contributed by atoms with E-state index in [-0.39, 0.29) is 11.5 Å². The van der Waals surface area contributed by atoms with E-state index in [0.717, 1.165) is 38.8 Å². The van der Waals surface area contributed by atoms with Crippen LogP contribution < -0.4 is 0 Å². The molecule has 24 heavy (non-hydrogen) atoms. The summed E-state index contributed by atoms with van der Waals surface area (Å²) in [6, 6.07) is 1.70. The standard InChI is InChI=1S/C17H24N4O3/c22-15-3-1-2-8-20(15)9-13-4-6-17(24-10-13)11-21(12-17)16(23)14-5-7-18-19-14/h5,7,13H,1-4,6,8-12H2,(H,18,19). The second-order valence-electron chi connectivity index (χ2n) is 7.33. The fraction of sp³-hybridized carbons (Fsp3) is 0.706. The molecule has 4 rings (SSSR count). The number of piperidine rings is 1. The topological polar surface area (TPSA) is 78.5 Å². The summed E-state index contributed by atoms with van der Waals surface area (Å²) in [6.45, 7) is 3.72. The first-order chi connectivity index (χ1) is 11.7. The summed E-state index contributed by atoms with van der Waals surface area (Å²) >= 11 is 0. The van der Waals surface area contributed by atoms with Gasteiger partial charge in [-0.15, -0.1) is 0 Å². The Morgan fingerprint density at radius 3 is 2.96 bits per heavy atom. The quantitative estimate of drug-likeness (QED) is 0.897. The van der Waals surface area contributed by atoms with Gasteiger partial charge < -0.3 is 14.5 Å². The van der Waals surface area contributed by atoms with Crippen LogP contribution in [-0.4, -0.2) is 70.2 Å². The van der Waals surface area contributed by atoms with Crippen LogP contribution in [0.2, 0.25) is 0 Å². The number of nitrogens with one attached hydrogen (secondary N) is 1. The van der Waals surface area contributed by atoms with Gasteiger partial charge >= 0.3 is 0 Å². The van der Waals surface area contributed by atoms with Gasteiger partial charge in [0.25, 0.3) is 5.91 Å². The number of aromatic amines is 1. The van der Waals surface area contributed by atoms with Crippen LogP contribution in [0.3, 0.4) is 0 Å². The van der Waals surface area contributed by atoms with Gasteiger partial charge in [-0.25, -0.2) is 0 Å². The fourth-order valence-corrected chi connectivity index (χ4v) is 4.02. The Morgan fingerprint density at radius 2 is 2.29 bits per heavy atom. The van der Waals surface area contributed by atoms with Gasteiger partial charge in [0.15, 0.2) is 0 Å². The third-order valence-corrected chi connectivity index (χ3v) is 5.51. The normalized spacial score (nSPS) is 26.5. The zero-order chi connectivity index (χ0) is 16.6. The molecule has 130 valence electrons. The molecule has 1 atom stereocenters. The lowest BCUT2D eigenvalue weighted by molar-refractivity contribution is -0.170. The number of hydrogen-bond acceptors (Lipinski definition) is 4. The Kier molecular flexibility index (Phi) is 4.04. The highest BCUT2D eigenvalue weighted by Crippen LogP contribution is 2.37. The van der Waals surface area contributed by atoms with E-state index in [1.54, 1.807) is 12.3 Å². The van der Waals surface area contributed by atoms with Crippen molar-refractivity contribution < 1.29 is 14.3 Å². The van der Waals surface area contributed by atoms with Gasteiger partial charge in [0, 0.05) is 31.6 Å². The molecular weight excluding hydrogens is 308 g/mol. The minimum atomic E-state index is -0.169. The Morgan fingerprint density at radius 1 is 1.42 bits per heavy atom. The van der Waals surface area contributed by atoms with E-state index in [1.807, 2.05) is 9.80 Å². The SMILES string of the molecule is O=C1CCCCN1CC1CCC2(CN(C(=O)c3ccn[nH]3)C2)OC1. The van der Waals surface area contributed by atoms with E-state index in [1.165, 1.54) is 0 Å². The molecule has 1 unspecified atom stereocenters. The Labute approximate surface area is 141 Å². The van der Waals surface area contributed by atoms with E-state index < -0.39 is 0 Å². The lowest BCUT2D eigenvalue weighted by Crippen LogP contribution is -2.66. The molecule has 4 heterocycles. The highest BCUT2D eigenvalue weighted by Gasteiger charge is 2.48. The second kappa shape index (κ2) is 6.20. The summed E-state index contributed by atoms with van der Waals surface area (Å²) in [5, 5.41) is 6.54. The van der Waals surface area contributed by atoms with Crippen LogP contribution >= 0.6 is 0 Å². The first kappa shape index (κ1) is 15.6. The fourth-order valence-electron chi connectivity index (χ4n) is 4.02. The predicted molar refractivity (Wildman–Crippen MR) is 86.3 cm³/mol. The summed E-state index contributed by atoms with van der Waals surface area (Å²) in [4.78, 5) is 28.0. The summed E-state index contributed by atoms with van der Waals surface area (Å²) < 4.78 is 6.13. The van der Waals surface area contributed by atoms with Gasteiger partial charge in [-0.1, -0.05) is 0 Å². The van der Waals surface area contributed by atoms with Gasteiger partial charge in [0.05, 0.1) is 19.7 Å². The molecule has 0 radical (unpaired) electrons. The number of carbonyl (C=O) groups is 2. The molecule has 0 aliphatic carbocycles. The van der Waals surface area contributed by atoms with Crippen molar-refractivity contribution in [3.05, 3.63) is 18.0 Å². The van der Waals surface area contributed by atoms with Gasteiger partial charge in [0.2, 0.25) is 5.91 Å². The predicted octanol–water partition coefficient (Wildman–Crippen LogP) is 1.04. The van der Waals surface area contributed by atoms with Crippen molar-refractivity contribution in [1.82, 2.24) is 20.0 Å². The van der Waals surface area contributed by atoms with Crippen LogP contribution in [0.25, 0.3) is 0 Å². The number of likely N-dealkylation sites (tertiary alicyclic amines) is 2. The average Bonchev–Trinajstić information content (AvgIpc) is 3.10. The van der Waals surface area contributed by atoms with Crippen molar-refractivity contribution in [1.29, 1.82) is 0 Å². The van der Waals surface area contributed by atoms with Gasteiger partial charge in [-0.05, 0) is 31.7 Å². The molecular formula is C17H24N4O3. The number of carbonyl (C=O) groups excluding carboxylic acids is 2. The second-order valence-corrected chi connectivity index (χ2v) is 7.33. The molecule has 1 N–H and O–H groups in total. The highest BCUT2D eigenvalue weighted by atomic mass is 16.5. The number of aromatic nitrogens is 2. The summed E-state index contributed by atoms with van der Waals surface area (Å²) in [5.41, 5.74) is 0.361. The van der Waals surface area contributed by atoms with Crippen LogP contribution in [0.15, 0.2) is 12.3 Å². The Bertz CT molecular complexity index is 599. The van der Waals surface area contributed by atoms with Crippen LogP contribution in [-0.2, 0) is 9.53 Å². The van der Waals surface area contributed by atoms with Gasteiger partial charge in [-0.2, -0.15) is 5.10 Å². The maximum Gasteiger partial charge on any atom is 0.272 e. The molecule has 7 heteroatoms. The largest absolute Gasteiger partial charge is 0.371 e. The molecule has 0 saturated carbocycles. The number of amides is 2. The van der Waals surface area contributed by atoms with Crippen LogP contribution in [0.1, 0.15) is 42.6 Å². The maximum absolute atomic E-state index is 12.2. The molecule has 0 aromatic carbocycles. The molecule has 0 bridgehead atoms. The molecule has 1 aromatic heterocycles. The molecule has 3 aliphatic rings. The van der Waals surface area contributed by atoms with Crippen molar-refractivity contribution in [2.45, 2.75) is 37.7 Å². The van der Waals surface area contributed by atoms with Crippen LogP contribution in [0.5, 0.6) is 0 Å². The third kappa shape index (κ3) is 2.92. The van der Waals surface area contributed by atoms with E-state index >= 15 is 0 Å². The van der Waals surface area contributed by atoms with E-state index in [2.05, 4.69) is 10.2 Å². The maximum atomic E-state index is 12.2. The molecule has 3 saturated heterocycles. The lowest BCUT2D eigenvalue weighted by atomic mass is 9.82. The molecule has 2 amide bonds. The number of nitrogens with zero attached hydrogens (tertiary/aromatic N) is 3. The summed E-state index contributed by atoms with van der Waals surface area (Å²) in [6.07, 6.45) is 6.46. The number of H-pyrrole nitrogens is 1. The Hall–Kier alpha value is -1.89. The Balaban J connectivity index is 1.25. The number of rotatable bonds is 3. The number of ether oxygens (including phenoxy) is 1. The van der Waals surface area contributed by atoms with Crippen LogP contribution in [0.4, 0.5) is 0 Å². The first-order valence-corrected chi connectivity index (χ1v) is 8.86. The molecule has 1 spiro atoms. The third-order valence-electron chi connectivity index (χ3n) is 5.51. The van der Waals surface area contributed by atoms with Gasteiger partial charge in [-0.3, -0.25) is 14.7 Å². The van der Waals surface area contributed by atoms with Crippen molar-refractivity contribution in [3.63, 3.8) is 0 Å². The molecule has 7 nitrogen and oxygen atoms in total.